The molecule has 1 aliphatic heterocycles. The predicted octanol–water partition coefficient (Wildman–Crippen LogP) is 7.19. The van der Waals surface area contributed by atoms with Gasteiger partial charge in [0, 0.05) is 12.1 Å². The lowest BCUT2D eigenvalue weighted by Crippen LogP contribution is -2.36. The van der Waals surface area contributed by atoms with Gasteiger partial charge in [-0.15, -0.1) is 6.58 Å². The fourth-order valence-corrected chi connectivity index (χ4v) is 5.66. The Labute approximate surface area is 247 Å². The summed E-state index contributed by atoms with van der Waals surface area (Å²) < 4.78 is 19.0. The number of amides is 1. The number of fused-ring (bicyclic) bond motifs is 2. The molecule has 0 fully saturated rings. The molecule has 0 saturated carbocycles. The van der Waals surface area contributed by atoms with Gasteiger partial charge in [-0.1, -0.05) is 6.08 Å². The van der Waals surface area contributed by atoms with Gasteiger partial charge in [0.05, 0.1) is 40.9 Å². The summed E-state index contributed by atoms with van der Waals surface area (Å²) in [6, 6.07) is 9.11. The lowest BCUT2D eigenvalue weighted by molar-refractivity contribution is 0.0532. The zero-order chi connectivity index (χ0) is 31.2. The summed E-state index contributed by atoms with van der Waals surface area (Å²) in [7, 11) is 1.61. The third-order valence-electron chi connectivity index (χ3n) is 7.20. The van der Waals surface area contributed by atoms with Crippen LogP contribution in [-0.4, -0.2) is 46.6 Å². The van der Waals surface area contributed by atoms with Gasteiger partial charge in [0.25, 0.3) is 0 Å². The summed E-state index contributed by atoms with van der Waals surface area (Å²) in [6.07, 6.45) is 1.70. The molecule has 0 aliphatic carbocycles. The molecule has 0 bridgehead atoms. The minimum atomic E-state index is -0.947. The number of aryl methyl sites for hydroxylation is 1. The highest BCUT2D eigenvalue weighted by Gasteiger charge is 2.43. The van der Waals surface area contributed by atoms with E-state index < -0.39 is 28.8 Å². The Balaban J connectivity index is 2.05. The molecule has 4 rings (SSSR count). The molecule has 1 aliphatic rings. The number of ether oxygens (including phenoxy) is 3. The summed E-state index contributed by atoms with van der Waals surface area (Å²) in [4.78, 5) is 33.8. The Kier molecular flexibility index (Phi) is 7.90. The number of rotatable bonds is 5. The second-order valence-electron chi connectivity index (χ2n) is 12.9. The van der Waals surface area contributed by atoms with E-state index in [-0.39, 0.29) is 0 Å². The van der Waals surface area contributed by atoms with Crippen LogP contribution in [0.5, 0.6) is 5.75 Å². The Bertz CT molecular complexity index is 1620. The van der Waals surface area contributed by atoms with Gasteiger partial charge >= 0.3 is 12.2 Å². The molecule has 1 unspecified atom stereocenters. The van der Waals surface area contributed by atoms with Crippen molar-refractivity contribution in [2.75, 3.05) is 18.6 Å². The van der Waals surface area contributed by atoms with E-state index in [1.807, 2.05) is 40.7 Å². The van der Waals surface area contributed by atoms with Gasteiger partial charge in [-0.25, -0.2) is 19.1 Å². The molecule has 1 atom stereocenters. The third-order valence-corrected chi connectivity index (χ3v) is 7.20. The fourth-order valence-electron chi connectivity index (χ4n) is 5.66. The van der Waals surface area contributed by atoms with Gasteiger partial charge in [0.2, 0.25) is 0 Å². The molecule has 1 amide bonds. The fraction of sp³-hybridized carbons (Fsp3) is 0.455. The minimum Gasteiger partial charge on any atom is -0.496 e. The summed E-state index contributed by atoms with van der Waals surface area (Å²) in [5.41, 5.74) is 2.39. The molecule has 0 radical (unpaired) electrons. The number of hydrogen-bond acceptors (Lipinski definition) is 7. The van der Waals surface area contributed by atoms with Gasteiger partial charge in [0.1, 0.15) is 22.8 Å². The number of benzene rings is 2. The number of methoxy groups -OCH3 is 1. The molecule has 0 spiro atoms. The van der Waals surface area contributed by atoms with Crippen LogP contribution in [0.2, 0.25) is 0 Å². The number of imidazole rings is 1. The first kappa shape index (κ1) is 30.6. The Hall–Kier alpha value is -4.32. The maximum atomic E-state index is 13.8. The molecule has 0 saturated heterocycles. The standard InChI is InChI=1S/C33H40N4O5/c1-11-15-33(9,28-35-23-13-12-21(19-34)18-24(23)37(28)30(39)42-32(6,7)8)26-22-14-16-36(29(38)41-31(3,4)5)27(22)20(2)17-25(26)40-10/h11-13,17-18H,1,14-16H2,2-10H3. The third kappa shape index (κ3) is 5.58. The number of nitrogens with zero attached hydrogens (tertiary/aromatic N) is 4. The molecular weight excluding hydrogens is 532 g/mol. The summed E-state index contributed by atoms with van der Waals surface area (Å²) >= 11 is 0. The molecule has 9 nitrogen and oxygen atoms in total. The molecule has 42 heavy (non-hydrogen) atoms. The molecule has 2 aromatic carbocycles. The van der Waals surface area contributed by atoms with E-state index in [1.165, 1.54) is 4.57 Å². The number of allylic oxidation sites excluding steroid dienone is 1. The monoisotopic (exact) mass is 572 g/mol. The highest BCUT2D eigenvalue weighted by atomic mass is 16.6. The number of anilines is 1. The number of hydrogen-bond donors (Lipinski definition) is 0. The van der Waals surface area contributed by atoms with Crippen molar-refractivity contribution < 1.29 is 23.8 Å². The van der Waals surface area contributed by atoms with E-state index in [0.717, 1.165) is 22.4 Å². The Morgan fingerprint density at radius 1 is 1.07 bits per heavy atom. The van der Waals surface area contributed by atoms with Crippen molar-refractivity contribution in [2.24, 2.45) is 0 Å². The van der Waals surface area contributed by atoms with Crippen LogP contribution in [0.1, 0.15) is 83.0 Å². The first-order valence-corrected chi connectivity index (χ1v) is 14.0. The van der Waals surface area contributed by atoms with Crippen LogP contribution in [0.4, 0.5) is 15.3 Å². The number of carbonyl (C=O) groups excluding carboxylic acids is 2. The molecular formula is C33H40N4O5. The normalized spacial score (nSPS) is 14.6. The molecule has 0 N–H and O–H groups in total. The van der Waals surface area contributed by atoms with Crippen molar-refractivity contribution in [3.05, 3.63) is 65.0 Å². The Morgan fingerprint density at radius 2 is 1.71 bits per heavy atom. The van der Waals surface area contributed by atoms with Gasteiger partial charge in [-0.05, 0) is 104 Å². The average Bonchev–Trinajstić information content (AvgIpc) is 3.49. The van der Waals surface area contributed by atoms with E-state index in [1.54, 1.807) is 57.1 Å². The SMILES string of the molecule is C=CCC(C)(c1c(OC)cc(C)c2c1CCN2C(=O)OC(C)(C)C)c1nc2ccc(C#N)cc2n1C(=O)OC(C)(C)C. The average molecular weight is 573 g/mol. The number of aromatic nitrogens is 2. The first-order chi connectivity index (χ1) is 19.5. The quantitative estimate of drug-likeness (QED) is 0.298. The van der Waals surface area contributed by atoms with Crippen LogP contribution in [0, 0.1) is 18.3 Å². The molecule has 222 valence electrons. The second-order valence-corrected chi connectivity index (χ2v) is 12.9. The van der Waals surface area contributed by atoms with E-state index in [4.69, 9.17) is 19.2 Å². The van der Waals surface area contributed by atoms with Crippen LogP contribution < -0.4 is 9.64 Å². The first-order valence-electron chi connectivity index (χ1n) is 14.0. The van der Waals surface area contributed by atoms with Crippen LogP contribution in [0.15, 0.2) is 36.9 Å². The van der Waals surface area contributed by atoms with Crippen molar-refractivity contribution in [3.63, 3.8) is 0 Å². The molecule has 1 aromatic heterocycles. The molecule has 2 heterocycles. The van der Waals surface area contributed by atoms with E-state index in [2.05, 4.69) is 12.6 Å². The van der Waals surface area contributed by atoms with Crippen LogP contribution in [0.25, 0.3) is 11.0 Å². The molecule has 3 aromatic rings. The Morgan fingerprint density at radius 3 is 2.29 bits per heavy atom. The van der Waals surface area contributed by atoms with Crippen LogP contribution in [0.3, 0.4) is 0 Å². The van der Waals surface area contributed by atoms with E-state index >= 15 is 0 Å². The van der Waals surface area contributed by atoms with Crippen molar-refractivity contribution >= 4 is 28.9 Å². The van der Waals surface area contributed by atoms with Crippen molar-refractivity contribution in [3.8, 4) is 11.8 Å². The summed E-state index contributed by atoms with van der Waals surface area (Å²) in [6.45, 7) is 19.3. The number of nitriles is 1. The topological polar surface area (TPSA) is 107 Å². The maximum absolute atomic E-state index is 13.8. The van der Waals surface area contributed by atoms with Crippen LogP contribution >= 0.6 is 0 Å². The highest BCUT2D eigenvalue weighted by Crippen LogP contribution is 2.49. The van der Waals surface area contributed by atoms with E-state index in [0.29, 0.717) is 47.6 Å². The zero-order valence-corrected chi connectivity index (χ0v) is 26.0. The number of carbonyl (C=O) groups is 2. The minimum absolute atomic E-state index is 0.391. The smallest absolute Gasteiger partial charge is 0.420 e. The van der Waals surface area contributed by atoms with Crippen molar-refractivity contribution in [1.82, 2.24) is 9.55 Å². The largest absolute Gasteiger partial charge is 0.496 e. The van der Waals surface area contributed by atoms with Crippen molar-refractivity contribution in [1.29, 1.82) is 5.26 Å². The van der Waals surface area contributed by atoms with Crippen LogP contribution in [-0.2, 0) is 21.3 Å². The molecule has 9 heteroatoms. The lowest BCUT2D eigenvalue weighted by atomic mass is 9.74. The van der Waals surface area contributed by atoms with Gasteiger partial charge in [0.15, 0.2) is 0 Å². The highest BCUT2D eigenvalue weighted by molar-refractivity contribution is 5.93. The summed E-state index contributed by atoms with van der Waals surface area (Å²) in [5.74, 6) is 1.03. The van der Waals surface area contributed by atoms with Crippen molar-refractivity contribution in [2.45, 2.75) is 84.8 Å². The van der Waals surface area contributed by atoms with Gasteiger partial charge in [-0.2, -0.15) is 5.26 Å². The second kappa shape index (κ2) is 10.8. The van der Waals surface area contributed by atoms with Gasteiger partial charge in [-0.3, -0.25) is 4.90 Å². The van der Waals surface area contributed by atoms with E-state index in [9.17, 15) is 14.9 Å². The summed E-state index contributed by atoms with van der Waals surface area (Å²) in [5, 5.41) is 9.61. The predicted molar refractivity (Wildman–Crippen MR) is 162 cm³/mol. The maximum Gasteiger partial charge on any atom is 0.420 e. The zero-order valence-electron chi connectivity index (χ0n) is 26.0. The van der Waals surface area contributed by atoms with Gasteiger partial charge < -0.3 is 14.2 Å². The lowest BCUT2D eigenvalue weighted by Gasteiger charge is -2.33.